The standard InChI is InChI=1S/C14H17ClF3N3O2S/c1-10(19-21-7-3-2-4-8-21)12-9-11(15)5-6-13(12)20-24(22,23)14(16,17)18/h5-6,9,20H,2-4,7-8H2,1H3. The third-order valence-corrected chi connectivity index (χ3v) is 4.88. The number of hydrogen-bond acceptors (Lipinski definition) is 4. The molecule has 10 heteroatoms. The number of rotatable bonds is 4. The average molecular weight is 384 g/mol. The average Bonchev–Trinajstić information content (AvgIpc) is 2.48. The summed E-state index contributed by atoms with van der Waals surface area (Å²) < 4.78 is 62.0. The summed E-state index contributed by atoms with van der Waals surface area (Å²) in [4.78, 5) is 0. The maximum absolute atomic E-state index is 12.6. The Labute approximate surface area is 143 Å². The number of nitrogens with zero attached hydrogens (tertiary/aromatic N) is 2. The van der Waals surface area contributed by atoms with E-state index in [4.69, 9.17) is 11.6 Å². The lowest BCUT2D eigenvalue weighted by molar-refractivity contribution is -0.0429. The maximum atomic E-state index is 12.6. The molecule has 1 fully saturated rings. The molecule has 24 heavy (non-hydrogen) atoms. The third kappa shape index (κ3) is 4.54. The second-order valence-corrected chi connectivity index (χ2v) is 7.55. The Bertz CT molecular complexity index is 729. The van der Waals surface area contributed by atoms with Crippen LogP contribution in [-0.4, -0.2) is 37.7 Å². The third-order valence-electron chi connectivity index (χ3n) is 3.54. The van der Waals surface area contributed by atoms with Crippen LogP contribution in [0.3, 0.4) is 0 Å². The predicted octanol–water partition coefficient (Wildman–Crippen LogP) is 3.81. The van der Waals surface area contributed by atoms with Gasteiger partial charge in [-0.05, 0) is 44.4 Å². The van der Waals surface area contributed by atoms with Crippen LogP contribution in [0.25, 0.3) is 0 Å². The Balaban J connectivity index is 2.35. The molecule has 1 aromatic rings. The van der Waals surface area contributed by atoms with Crippen LogP contribution in [0, 0.1) is 0 Å². The summed E-state index contributed by atoms with van der Waals surface area (Å²) in [6.07, 6.45) is 3.08. The fourth-order valence-corrected chi connectivity index (χ4v) is 3.11. The number of nitrogens with one attached hydrogen (secondary N) is 1. The summed E-state index contributed by atoms with van der Waals surface area (Å²) in [5, 5.41) is 6.47. The van der Waals surface area contributed by atoms with E-state index in [1.165, 1.54) is 18.2 Å². The fraction of sp³-hybridized carbons (Fsp3) is 0.500. The molecule has 0 amide bonds. The number of halogens is 4. The SMILES string of the molecule is CC(=NN1CCCCC1)c1cc(Cl)ccc1NS(=O)(=O)C(F)(F)F. The van der Waals surface area contributed by atoms with E-state index in [1.807, 2.05) is 5.01 Å². The van der Waals surface area contributed by atoms with E-state index in [0.717, 1.165) is 32.4 Å². The van der Waals surface area contributed by atoms with Crippen molar-refractivity contribution in [2.24, 2.45) is 5.10 Å². The molecule has 1 aliphatic heterocycles. The first-order chi connectivity index (χ1) is 11.1. The summed E-state index contributed by atoms with van der Waals surface area (Å²) in [5.41, 5.74) is -5.02. The van der Waals surface area contributed by atoms with Gasteiger partial charge in [0.15, 0.2) is 0 Å². The smallest absolute Gasteiger partial charge is 0.297 e. The van der Waals surface area contributed by atoms with Crippen molar-refractivity contribution in [1.29, 1.82) is 0 Å². The highest BCUT2D eigenvalue weighted by atomic mass is 35.5. The van der Waals surface area contributed by atoms with Gasteiger partial charge in [0.05, 0.1) is 11.4 Å². The van der Waals surface area contributed by atoms with Gasteiger partial charge >= 0.3 is 15.5 Å². The molecule has 1 aliphatic rings. The molecule has 1 saturated heterocycles. The molecule has 5 nitrogen and oxygen atoms in total. The van der Waals surface area contributed by atoms with Gasteiger partial charge < -0.3 is 0 Å². The number of hydrogen-bond donors (Lipinski definition) is 1. The summed E-state index contributed by atoms with van der Waals surface area (Å²) in [6, 6.07) is 3.89. The Morgan fingerprint density at radius 3 is 2.46 bits per heavy atom. The predicted molar refractivity (Wildman–Crippen MR) is 87.7 cm³/mol. The van der Waals surface area contributed by atoms with E-state index in [-0.39, 0.29) is 16.3 Å². The van der Waals surface area contributed by atoms with Crippen molar-refractivity contribution in [3.8, 4) is 0 Å². The van der Waals surface area contributed by atoms with Gasteiger partial charge in [0, 0.05) is 23.7 Å². The number of benzene rings is 1. The highest BCUT2D eigenvalue weighted by Gasteiger charge is 2.46. The van der Waals surface area contributed by atoms with E-state index in [9.17, 15) is 21.6 Å². The van der Waals surface area contributed by atoms with Crippen molar-refractivity contribution in [1.82, 2.24) is 5.01 Å². The molecule has 2 rings (SSSR count). The molecule has 0 saturated carbocycles. The molecule has 0 aliphatic carbocycles. The zero-order chi connectivity index (χ0) is 18.0. The largest absolute Gasteiger partial charge is 0.516 e. The molecule has 0 atom stereocenters. The molecule has 1 aromatic carbocycles. The van der Waals surface area contributed by atoms with Crippen LogP contribution in [0.1, 0.15) is 31.7 Å². The summed E-state index contributed by atoms with van der Waals surface area (Å²) in [7, 11) is -5.51. The molecule has 0 spiro atoms. The van der Waals surface area contributed by atoms with Gasteiger partial charge in [0.1, 0.15) is 0 Å². The maximum Gasteiger partial charge on any atom is 0.516 e. The minimum absolute atomic E-state index is 0.209. The zero-order valence-corrected chi connectivity index (χ0v) is 14.5. The van der Waals surface area contributed by atoms with Crippen LogP contribution >= 0.6 is 11.6 Å². The van der Waals surface area contributed by atoms with E-state index in [2.05, 4.69) is 5.10 Å². The van der Waals surface area contributed by atoms with Gasteiger partial charge in [-0.2, -0.15) is 26.7 Å². The normalized spacial score (nSPS) is 17.0. The van der Waals surface area contributed by atoms with Crippen molar-refractivity contribution in [3.05, 3.63) is 28.8 Å². The monoisotopic (exact) mass is 383 g/mol. The van der Waals surface area contributed by atoms with Gasteiger partial charge in [-0.25, -0.2) is 0 Å². The Morgan fingerprint density at radius 1 is 1.25 bits per heavy atom. The minimum Gasteiger partial charge on any atom is -0.297 e. The minimum atomic E-state index is -5.51. The topological polar surface area (TPSA) is 61.8 Å². The van der Waals surface area contributed by atoms with Crippen molar-refractivity contribution in [2.75, 3.05) is 17.8 Å². The molecule has 1 heterocycles. The van der Waals surface area contributed by atoms with Gasteiger partial charge in [-0.1, -0.05) is 11.6 Å². The van der Waals surface area contributed by atoms with E-state index in [0.29, 0.717) is 5.71 Å². The van der Waals surface area contributed by atoms with Crippen LogP contribution in [0.2, 0.25) is 5.02 Å². The Hall–Kier alpha value is -1.48. The molecule has 1 N–H and O–H groups in total. The summed E-state index contributed by atoms with van der Waals surface area (Å²) >= 11 is 5.90. The number of hydrazone groups is 1. The first kappa shape index (κ1) is 18.9. The zero-order valence-electron chi connectivity index (χ0n) is 12.9. The van der Waals surface area contributed by atoms with Crippen LogP contribution in [-0.2, 0) is 10.0 Å². The molecule has 0 bridgehead atoms. The molecule has 0 unspecified atom stereocenters. The second-order valence-electron chi connectivity index (χ2n) is 5.44. The van der Waals surface area contributed by atoms with E-state index >= 15 is 0 Å². The number of sulfonamides is 1. The molecular formula is C14H17ClF3N3O2S. The van der Waals surface area contributed by atoms with Gasteiger partial charge in [0.25, 0.3) is 0 Å². The second kappa shape index (κ2) is 7.18. The van der Waals surface area contributed by atoms with Gasteiger partial charge in [-0.15, -0.1) is 0 Å². The lowest BCUT2D eigenvalue weighted by Crippen LogP contribution is -2.30. The van der Waals surface area contributed by atoms with Crippen LogP contribution in [0.15, 0.2) is 23.3 Å². The quantitative estimate of drug-likeness (QED) is 0.804. The van der Waals surface area contributed by atoms with Crippen LogP contribution in [0.5, 0.6) is 0 Å². The Morgan fingerprint density at radius 2 is 1.88 bits per heavy atom. The molecule has 0 aromatic heterocycles. The lowest BCUT2D eigenvalue weighted by atomic mass is 10.1. The summed E-state index contributed by atoms with van der Waals surface area (Å²) in [5.74, 6) is 0. The highest BCUT2D eigenvalue weighted by Crippen LogP contribution is 2.29. The van der Waals surface area contributed by atoms with Crippen LogP contribution < -0.4 is 4.72 Å². The van der Waals surface area contributed by atoms with Crippen molar-refractivity contribution < 1.29 is 21.6 Å². The number of piperidine rings is 1. The van der Waals surface area contributed by atoms with E-state index in [1.54, 1.807) is 11.6 Å². The number of anilines is 1. The fourth-order valence-electron chi connectivity index (χ4n) is 2.35. The summed E-state index contributed by atoms with van der Waals surface area (Å²) in [6.45, 7) is 3.11. The molecule has 0 radical (unpaired) electrons. The molecule has 134 valence electrons. The molecular weight excluding hydrogens is 367 g/mol. The van der Waals surface area contributed by atoms with Crippen molar-refractivity contribution in [3.63, 3.8) is 0 Å². The van der Waals surface area contributed by atoms with Gasteiger partial charge in [0.2, 0.25) is 0 Å². The lowest BCUT2D eigenvalue weighted by Gasteiger charge is -2.24. The first-order valence-electron chi connectivity index (χ1n) is 7.29. The van der Waals surface area contributed by atoms with Gasteiger partial charge in [-0.3, -0.25) is 9.73 Å². The first-order valence-corrected chi connectivity index (χ1v) is 9.15. The Kier molecular flexibility index (Phi) is 5.64. The number of alkyl halides is 3. The van der Waals surface area contributed by atoms with Crippen molar-refractivity contribution in [2.45, 2.75) is 31.7 Å². The van der Waals surface area contributed by atoms with Crippen LogP contribution in [0.4, 0.5) is 18.9 Å². The van der Waals surface area contributed by atoms with E-state index < -0.39 is 15.5 Å². The highest BCUT2D eigenvalue weighted by molar-refractivity contribution is 7.93. The van der Waals surface area contributed by atoms with Crippen molar-refractivity contribution >= 4 is 33.0 Å².